The van der Waals surface area contributed by atoms with Crippen LogP contribution in [0.3, 0.4) is 0 Å². The van der Waals surface area contributed by atoms with Crippen molar-refractivity contribution in [2.24, 2.45) is 0 Å². The van der Waals surface area contributed by atoms with Crippen LogP contribution in [-0.4, -0.2) is 74.9 Å². The largest absolute Gasteiger partial charge is 0.472 e. The van der Waals surface area contributed by atoms with Crippen LogP contribution in [0.15, 0.2) is 48.6 Å². The smallest absolute Gasteiger partial charge is 0.462 e. The van der Waals surface area contributed by atoms with Crippen molar-refractivity contribution in [3.63, 3.8) is 0 Å². The molecule has 9 nitrogen and oxygen atoms in total. The number of hydrogen-bond acceptors (Lipinski definition) is 7. The number of hydrogen-bond donors (Lipinski definition) is 1. The number of phosphoric acid groups is 1. The molecular weight excluding hydrogens is 727 g/mol. The molecule has 0 aliphatic rings. The summed E-state index contributed by atoms with van der Waals surface area (Å²) in [5.41, 5.74) is 0. The molecule has 0 saturated carbocycles. The third kappa shape index (κ3) is 41.6. The second kappa shape index (κ2) is 38.5. The van der Waals surface area contributed by atoms with Gasteiger partial charge in [-0.1, -0.05) is 165 Å². The topological polar surface area (TPSA) is 108 Å². The van der Waals surface area contributed by atoms with Crippen LogP contribution in [-0.2, 0) is 32.7 Å². The molecule has 0 rings (SSSR count). The van der Waals surface area contributed by atoms with E-state index >= 15 is 0 Å². The second-order valence-corrected chi connectivity index (χ2v) is 17.5. The SMILES string of the molecule is CCCCC/C=C\C/C=C\C/C=C\C/C=C\CCC[14C](=O)O[C@H](COC(=O)CCCCCCCCCCCCCCCCC)COP(=O)(O)OCC[N+](C)(C)C. The average molecular weight is 813 g/mol. The Labute approximate surface area is 343 Å². The van der Waals surface area contributed by atoms with Crippen LogP contribution in [0, 0.1) is 0 Å². The maximum atomic E-state index is 12.7. The summed E-state index contributed by atoms with van der Waals surface area (Å²) in [4.78, 5) is 35.3. The predicted molar refractivity (Wildman–Crippen MR) is 233 cm³/mol. The summed E-state index contributed by atoms with van der Waals surface area (Å²) >= 11 is 0. The number of ether oxygens (including phenoxy) is 2. The van der Waals surface area contributed by atoms with E-state index in [0.29, 0.717) is 17.4 Å². The Morgan fingerprint density at radius 3 is 1.57 bits per heavy atom. The number of unbranched alkanes of at least 4 members (excludes halogenated alkanes) is 18. The minimum atomic E-state index is -4.39. The Kier molecular flexibility index (Phi) is 37.1. The van der Waals surface area contributed by atoms with Crippen molar-refractivity contribution in [2.75, 3.05) is 47.5 Å². The fourth-order valence-electron chi connectivity index (χ4n) is 5.83. The molecule has 0 fully saturated rings. The van der Waals surface area contributed by atoms with E-state index in [1.54, 1.807) is 0 Å². The summed E-state index contributed by atoms with van der Waals surface area (Å²) in [7, 11) is 1.44. The van der Waals surface area contributed by atoms with Gasteiger partial charge in [0.2, 0.25) is 0 Å². The molecule has 0 aliphatic heterocycles. The van der Waals surface area contributed by atoms with Crippen molar-refractivity contribution in [2.45, 2.75) is 187 Å². The van der Waals surface area contributed by atoms with Crippen LogP contribution in [0.5, 0.6) is 0 Å². The van der Waals surface area contributed by atoms with Gasteiger partial charge in [-0.05, 0) is 51.4 Å². The van der Waals surface area contributed by atoms with Crippen LogP contribution in [0.2, 0.25) is 0 Å². The maximum Gasteiger partial charge on any atom is 0.472 e. The highest BCUT2D eigenvalue weighted by atomic mass is 31.2. The van der Waals surface area contributed by atoms with E-state index in [-0.39, 0.29) is 32.0 Å². The molecule has 0 amide bonds. The number of esters is 2. The number of nitrogens with zero attached hydrogens (tertiary/aromatic N) is 1. The van der Waals surface area contributed by atoms with Crippen LogP contribution >= 0.6 is 7.82 Å². The molecular formula is C46H85NO8P+. The van der Waals surface area contributed by atoms with Crippen LogP contribution in [0.1, 0.15) is 181 Å². The molecule has 0 radical (unpaired) electrons. The molecule has 1 N–H and O–H groups in total. The van der Waals surface area contributed by atoms with E-state index in [1.807, 2.05) is 27.2 Å². The average Bonchev–Trinajstić information content (AvgIpc) is 3.15. The lowest BCUT2D eigenvalue weighted by Crippen LogP contribution is -2.37. The van der Waals surface area contributed by atoms with Crippen LogP contribution in [0.25, 0.3) is 0 Å². The first-order chi connectivity index (χ1) is 27.0. The van der Waals surface area contributed by atoms with Gasteiger partial charge in [0.05, 0.1) is 27.7 Å². The van der Waals surface area contributed by atoms with E-state index in [2.05, 4.69) is 56.4 Å². The van der Waals surface area contributed by atoms with Crippen molar-refractivity contribution in [3.8, 4) is 0 Å². The normalized spacial score (nSPS) is 14.0. The Bertz CT molecular complexity index is 1100. The Hall–Kier alpha value is -2.03. The molecule has 0 bridgehead atoms. The van der Waals surface area contributed by atoms with E-state index in [1.165, 1.54) is 103 Å². The summed E-state index contributed by atoms with van der Waals surface area (Å²) in [6.45, 7) is 4.33. The van der Waals surface area contributed by atoms with Crippen LogP contribution < -0.4 is 0 Å². The maximum absolute atomic E-state index is 12.7. The minimum Gasteiger partial charge on any atom is -0.462 e. The van der Waals surface area contributed by atoms with Gasteiger partial charge in [-0.2, -0.15) is 0 Å². The lowest BCUT2D eigenvalue weighted by Gasteiger charge is -2.24. The van der Waals surface area contributed by atoms with E-state index in [0.717, 1.165) is 44.9 Å². The molecule has 0 aromatic carbocycles. The summed E-state index contributed by atoms with van der Waals surface area (Å²) in [5.74, 6) is -0.862. The van der Waals surface area contributed by atoms with Gasteiger partial charge in [-0.3, -0.25) is 18.6 Å². The summed E-state index contributed by atoms with van der Waals surface area (Å²) in [6, 6.07) is 0. The highest BCUT2D eigenvalue weighted by Crippen LogP contribution is 2.43. The van der Waals surface area contributed by atoms with Gasteiger partial charge in [-0.25, -0.2) is 4.57 Å². The molecule has 0 aromatic heterocycles. The summed E-state index contributed by atoms with van der Waals surface area (Å²) < 4.78 is 34.2. The first kappa shape index (κ1) is 54.0. The van der Waals surface area contributed by atoms with Crippen molar-refractivity contribution in [3.05, 3.63) is 48.6 Å². The first-order valence-corrected chi connectivity index (χ1v) is 23.9. The molecule has 56 heavy (non-hydrogen) atoms. The summed E-state index contributed by atoms with van der Waals surface area (Å²) in [5, 5.41) is 0. The molecule has 326 valence electrons. The molecule has 0 saturated heterocycles. The number of allylic oxidation sites excluding steroid dienone is 8. The quantitative estimate of drug-likeness (QED) is 0.0214. The third-order valence-corrected chi connectivity index (χ3v) is 10.3. The van der Waals surface area contributed by atoms with E-state index in [9.17, 15) is 19.0 Å². The molecule has 0 aliphatic carbocycles. The zero-order chi connectivity index (χ0) is 41.4. The van der Waals surface area contributed by atoms with E-state index < -0.39 is 26.5 Å². The lowest BCUT2D eigenvalue weighted by atomic mass is 10.0. The Balaban J connectivity index is 4.45. The van der Waals surface area contributed by atoms with Crippen molar-refractivity contribution < 1.29 is 42.1 Å². The van der Waals surface area contributed by atoms with Crippen molar-refractivity contribution in [1.82, 2.24) is 0 Å². The minimum absolute atomic E-state index is 0.0213. The number of carbonyl (C=O) groups excluding carboxylic acids is 2. The monoisotopic (exact) mass is 813 g/mol. The predicted octanol–water partition coefficient (Wildman–Crippen LogP) is 12.7. The zero-order valence-corrected chi connectivity index (χ0v) is 37.5. The Morgan fingerprint density at radius 1 is 0.625 bits per heavy atom. The number of phosphoric ester groups is 1. The first-order valence-electron chi connectivity index (χ1n) is 22.4. The van der Waals surface area contributed by atoms with Gasteiger partial charge in [0.1, 0.15) is 19.8 Å². The number of carbonyl (C=O) groups is 2. The van der Waals surface area contributed by atoms with Crippen LogP contribution in [0.4, 0.5) is 0 Å². The lowest BCUT2D eigenvalue weighted by molar-refractivity contribution is -0.870. The highest BCUT2D eigenvalue weighted by molar-refractivity contribution is 7.47. The van der Waals surface area contributed by atoms with Gasteiger partial charge in [-0.15, -0.1) is 0 Å². The Morgan fingerprint density at radius 2 is 1.07 bits per heavy atom. The number of likely N-dealkylation sites (N-methyl/N-ethyl adjacent to an activating group) is 1. The molecule has 10 heteroatoms. The zero-order valence-electron chi connectivity index (χ0n) is 36.6. The van der Waals surface area contributed by atoms with Gasteiger partial charge >= 0.3 is 19.8 Å². The number of rotatable bonds is 40. The van der Waals surface area contributed by atoms with Gasteiger partial charge in [0.25, 0.3) is 0 Å². The van der Waals surface area contributed by atoms with Crippen molar-refractivity contribution >= 4 is 19.8 Å². The molecule has 0 heterocycles. The fourth-order valence-corrected chi connectivity index (χ4v) is 6.57. The van der Waals surface area contributed by atoms with E-state index in [4.69, 9.17) is 18.5 Å². The van der Waals surface area contributed by atoms with Gasteiger partial charge in [0.15, 0.2) is 6.10 Å². The number of quaternary nitrogens is 1. The highest BCUT2D eigenvalue weighted by Gasteiger charge is 2.27. The molecule has 0 spiro atoms. The summed E-state index contributed by atoms with van der Waals surface area (Å²) in [6.07, 6.45) is 44.5. The fraction of sp³-hybridized carbons (Fsp3) is 0.783. The molecule has 0 aromatic rings. The second-order valence-electron chi connectivity index (χ2n) is 16.1. The molecule has 2 atom stereocenters. The van der Waals surface area contributed by atoms with Crippen molar-refractivity contribution in [1.29, 1.82) is 0 Å². The van der Waals surface area contributed by atoms with Gasteiger partial charge < -0.3 is 18.9 Å². The standard InChI is InChI=1S/C46H84NO8P/c1-6-8-10-12-14-16-18-20-22-23-25-27-29-31-33-35-37-39-46(49)55-44(43-54-56(50,51)53-41-40-47(3,4)5)42-52-45(48)38-36-34-32-30-28-26-24-21-19-17-15-13-11-9-7-2/h14,16,20,22,25,27,31,33,44H,6-13,15,17-19,21,23-24,26,28-30,32,34-43H2,1-5H3/p+1/b16-14-,22-20-,27-25-,33-31-/t44-/m1/s1/i46+2. The third-order valence-electron chi connectivity index (χ3n) is 9.36. The van der Waals surface area contributed by atoms with Gasteiger partial charge in [0, 0.05) is 12.8 Å². The molecule has 1 unspecified atom stereocenters.